The van der Waals surface area contributed by atoms with Crippen molar-refractivity contribution < 1.29 is 19.4 Å². The van der Waals surface area contributed by atoms with Crippen LogP contribution in [0.1, 0.15) is 13.3 Å². The van der Waals surface area contributed by atoms with Crippen LogP contribution >= 0.6 is 11.8 Å². The second kappa shape index (κ2) is 5.37. The Labute approximate surface area is 92.6 Å². The number of thioether (sulfide) groups is 1. The first-order valence-corrected chi connectivity index (χ1v) is 5.79. The molecule has 1 aliphatic rings. The Kier molecular flexibility index (Phi) is 4.41. The number of carboxylic acid groups (broad SMARTS) is 1. The van der Waals surface area contributed by atoms with Gasteiger partial charge in [0.05, 0.1) is 23.5 Å². The zero-order valence-electron chi connectivity index (χ0n) is 8.62. The molecule has 0 radical (unpaired) electrons. The quantitative estimate of drug-likeness (QED) is 0.634. The third-order valence-electron chi connectivity index (χ3n) is 2.17. The van der Waals surface area contributed by atoms with Crippen molar-refractivity contribution >= 4 is 23.7 Å². The fourth-order valence-corrected chi connectivity index (χ4v) is 2.51. The fourth-order valence-electron chi connectivity index (χ4n) is 1.37. The highest BCUT2D eigenvalue weighted by Gasteiger charge is 2.40. The van der Waals surface area contributed by atoms with E-state index in [1.54, 1.807) is 6.92 Å². The van der Waals surface area contributed by atoms with Crippen molar-refractivity contribution in [2.45, 2.75) is 18.1 Å². The molecule has 5 nitrogen and oxygen atoms in total. The molecule has 0 amide bonds. The van der Waals surface area contributed by atoms with Crippen molar-refractivity contribution in [3.05, 3.63) is 0 Å². The third kappa shape index (κ3) is 3.71. The molecule has 0 aliphatic carbocycles. The highest BCUT2D eigenvalue weighted by Crippen LogP contribution is 2.33. The molecule has 0 aromatic heterocycles. The highest BCUT2D eigenvalue weighted by molar-refractivity contribution is 8.01. The molecule has 86 valence electrons. The van der Waals surface area contributed by atoms with Crippen molar-refractivity contribution in [1.29, 1.82) is 0 Å². The summed E-state index contributed by atoms with van der Waals surface area (Å²) in [5.41, 5.74) is 0. The maximum absolute atomic E-state index is 11.1. The summed E-state index contributed by atoms with van der Waals surface area (Å²) >= 11 is 1.37. The lowest BCUT2D eigenvalue weighted by Gasteiger charge is -2.40. The standard InChI is InChI=1S/C9H15NO4S/c1-2-14-8(13)4-15-9(3-7(11)12)5-10-6-9/h10H,2-6H2,1H3,(H,11,12). The van der Waals surface area contributed by atoms with E-state index in [1.165, 1.54) is 11.8 Å². The minimum Gasteiger partial charge on any atom is -0.481 e. The van der Waals surface area contributed by atoms with Gasteiger partial charge in [0.2, 0.25) is 0 Å². The van der Waals surface area contributed by atoms with Gasteiger partial charge in [-0.3, -0.25) is 9.59 Å². The molecular weight excluding hydrogens is 218 g/mol. The molecule has 0 atom stereocenters. The number of carbonyl (C=O) groups excluding carboxylic acids is 1. The number of carbonyl (C=O) groups is 2. The smallest absolute Gasteiger partial charge is 0.315 e. The summed E-state index contributed by atoms with van der Waals surface area (Å²) in [7, 11) is 0. The van der Waals surface area contributed by atoms with Crippen LogP contribution in [0.25, 0.3) is 0 Å². The van der Waals surface area contributed by atoms with Gasteiger partial charge in [0.25, 0.3) is 0 Å². The number of ether oxygens (including phenoxy) is 1. The van der Waals surface area contributed by atoms with Gasteiger partial charge in [0.1, 0.15) is 0 Å². The number of rotatable bonds is 6. The van der Waals surface area contributed by atoms with E-state index in [4.69, 9.17) is 9.84 Å². The van der Waals surface area contributed by atoms with Crippen molar-refractivity contribution in [2.75, 3.05) is 25.4 Å². The van der Waals surface area contributed by atoms with Crippen LogP contribution in [0.5, 0.6) is 0 Å². The molecular formula is C9H15NO4S. The number of carboxylic acids is 1. The second-order valence-corrected chi connectivity index (χ2v) is 4.89. The molecule has 0 unspecified atom stereocenters. The first-order valence-electron chi connectivity index (χ1n) is 4.80. The number of hydrogen-bond acceptors (Lipinski definition) is 5. The highest BCUT2D eigenvalue weighted by atomic mass is 32.2. The summed E-state index contributed by atoms with van der Waals surface area (Å²) in [6, 6.07) is 0. The normalized spacial score (nSPS) is 17.9. The van der Waals surface area contributed by atoms with E-state index in [9.17, 15) is 9.59 Å². The zero-order valence-corrected chi connectivity index (χ0v) is 9.43. The molecule has 0 spiro atoms. The van der Waals surface area contributed by atoms with E-state index in [0.29, 0.717) is 19.7 Å². The zero-order chi connectivity index (χ0) is 11.3. The van der Waals surface area contributed by atoms with Gasteiger partial charge in [-0.05, 0) is 6.92 Å². The van der Waals surface area contributed by atoms with Crippen LogP contribution in [0.3, 0.4) is 0 Å². The summed E-state index contributed by atoms with van der Waals surface area (Å²) in [6.45, 7) is 3.40. The maximum Gasteiger partial charge on any atom is 0.315 e. The van der Waals surface area contributed by atoms with Gasteiger partial charge in [0, 0.05) is 13.1 Å². The van der Waals surface area contributed by atoms with E-state index < -0.39 is 5.97 Å². The van der Waals surface area contributed by atoms with Crippen molar-refractivity contribution in [3.63, 3.8) is 0 Å². The molecule has 0 bridgehead atoms. The summed E-state index contributed by atoms with van der Waals surface area (Å²) in [6.07, 6.45) is 0.0874. The Bertz CT molecular complexity index is 252. The molecule has 0 saturated carbocycles. The fraction of sp³-hybridized carbons (Fsp3) is 0.778. The summed E-state index contributed by atoms with van der Waals surface area (Å²) in [4.78, 5) is 21.7. The van der Waals surface area contributed by atoms with E-state index in [0.717, 1.165) is 0 Å². The van der Waals surface area contributed by atoms with Crippen LogP contribution in [-0.2, 0) is 14.3 Å². The van der Waals surface area contributed by atoms with Crippen LogP contribution in [0.15, 0.2) is 0 Å². The SMILES string of the molecule is CCOC(=O)CSC1(CC(=O)O)CNC1. The minimum atomic E-state index is -0.826. The molecule has 0 aromatic carbocycles. The Morgan fingerprint density at radius 3 is 2.60 bits per heavy atom. The summed E-state index contributed by atoms with van der Waals surface area (Å²) in [5.74, 6) is -0.880. The van der Waals surface area contributed by atoms with Gasteiger partial charge in [-0.2, -0.15) is 0 Å². The molecule has 6 heteroatoms. The number of aliphatic carboxylic acids is 1. The third-order valence-corrected chi connectivity index (χ3v) is 3.59. The monoisotopic (exact) mass is 233 g/mol. The van der Waals surface area contributed by atoms with Gasteiger partial charge in [-0.15, -0.1) is 11.8 Å². The lowest BCUT2D eigenvalue weighted by atomic mass is 9.98. The minimum absolute atomic E-state index is 0.0874. The number of hydrogen-bond donors (Lipinski definition) is 2. The lowest BCUT2D eigenvalue weighted by molar-refractivity contribution is -0.140. The molecule has 1 rings (SSSR count). The first kappa shape index (κ1) is 12.3. The van der Waals surface area contributed by atoms with E-state index in [2.05, 4.69) is 5.32 Å². The molecule has 1 saturated heterocycles. The molecule has 0 aromatic rings. The number of esters is 1. The molecule has 1 aliphatic heterocycles. The van der Waals surface area contributed by atoms with Crippen LogP contribution in [0.4, 0.5) is 0 Å². The molecule has 1 heterocycles. The Morgan fingerprint density at radius 2 is 2.20 bits per heavy atom. The average Bonchev–Trinajstić information content (AvgIpc) is 2.09. The van der Waals surface area contributed by atoms with Gasteiger partial charge in [-0.1, -0.05) is 0 Å². The van der Waals surface area contributed by atoms with E-state index >= 15 is 0 Å². The molecule has 1 fully saturated rings. The van der Waals surface area contributed by atoms with Crippen molar-refractivity contribution in [1.82, 2.24) is 5.32 Å². The van der Waals surface area contributed by atoms with Crippen molar-refractivity contribution in [3.8, 4) is 0 Å². The maximum atomic E-state index is 11.1. The Balaban J connectivity index is 2.33. The van der Waals surface area contributed by atoms with Crippen LogP contribution in [-0.4, -0.2) is 47.2 Å². The Hall–Kier alpha value is -0.750. The van der Waals surface area contributed by atoms with Crippen molar-refractivity contribution in [2.24, 2.45) is 0 Å². The average molecular weight is 233 g/mol. The first-order chi connectivity index (χ1) is 7.08. The van der Waals surface area contributed by atoms with Crippen LogP contribution in [0, 0.1) is 0 Å². The van der Waals surface area contributed by atoms with Gasteiger partial charge in [0.15, 0.2) is 0 Å². The van der Waals surface area contributed by atoms with Gasteiger partial charge < -0.3 is 15.2 Å². The van der Waals surface area contributed by atoms with Crippen LogP contribution in [0.2, 0.25) is 0 Å². The van der Waals surface area contributed by atoms with E-state index in [-0.39, 0.29) is 22.9 Å². The van der Waals surface area contributed by atoms with Crippen LogP contribution < -0.4 is 5.32 Å². The lowest BCUT2D eigenvalue weighted by Crippen LogP contribution is -2.58. The summed E-state index contributed by atoms with van der Waals surface area (Å²) < 4.78 is 4.46. The topological polar surface area (TPSA) is 75.6 Å². The van der Waals surface area contributed by atoms with Gasteiger partial charge in [-0.25, -0.2) is 0 Å². The van der Waals surface area contributed by atoms with E-state index in [1.807, 2.05) is 0 Å². The Morgan fingerprint density at radius 1 is 1.53 bits per heavy atom. The molecule has 2 N–H and O–H groups in total. The molecule has 15 heavy (non-hydrogen) atoms. The predicted molar refractivity (Wildman–Crippen MR) is 56.9 cm³/mol. The second-order valence-electron chi connectivity index (χ2n) is 3.45. The van der Waals surface area contributed by atoms with Gasteiger partial charge >= 0.3 is 11.9 Å². The summed E-state index contributed by atoms with van der Waals surface area (Å²) in [5, 5.41) is 11.8. The predicted octanol–water partition coefficient (Wildman–Crippen LogP) is 0.0994. The number of nitrogens with one attached hydrogen (secondary N) is 1. The largest absolute Gasteiger partial charge is 0.481 e.